The Balaban J connectivity index is 0. The fourth-order valence-electron chi connectivity index (χ4n) is 0.407. The minimum atomic E-state index is -0.946. The molecule has 3 heteroatoms. The van der Waals surface area contributed by atoms with Crippen molar-refractivity contribution in [3.05, 3.63) is 0 Å². The molecule has 9 heavy (non-hydrogen) atoms. The number of hydrogen-bond donors (Lipinski definition) is 0. The summed E-state index contributed by atoms with van der Waals surface area (Å²) in [6.45, 7) is 3.98. The quantitative estimate of drug-likeness (QED) is 0.379. The number of hydrogen-bond acceptors (Lipinski definition) is 2. The van der Waals surface area contributed by atoms with Crippen LogP contribution >= 0.6 is 0 Å². The van der Waals surface area contributed by atoms with E-state index in [9.17, 15) is 9.90 Å². The SMILES string of the molecule is CC(C)CCC(=O)[O-].[Li+]. The average Bonchev–Trinajstić information content (AvgIpc) is 1.61. The van der Waals surface area contributed by atoms with E-state index in [0.717, 1.165) is 6.42 Å². The molecule has 0 fully saturated rings. The molecule has 0 atom stereocenters. The second-order valence-electron chi connectivity index (χ2n) is 2.30. The van der Waals surface area contributed by atoms with Gasteiger partial charge in [-0.05, 0) is 18.8 Å². The van der Waals surface area contributed by atoms with Crippen LogP contribution in [-0.2, 0) is 4.79 Å². The first-order valence-corrected chi connectivity index (χ1v) is 2.82. The van der Waals surface area contributed by atoms with Gasteiger partial charge in [0.25, 0.3) is 0 Å². The Morgan fingerprint density at radius 1 is 1.56 bits per heavy atom. The maximum Gasteiger partial charge on any atom is 1.00 e. The summed E-state index contributed by atoms with van der Waals surface area (Å²) < 4.78 is 0. The first-order chi connectivity index (χ1) is 3.63. The Morgan fingerprint density at radius 3 is 2.11 bits per heavy atom. The second kappa shape index (κ2) is 6.19. The fourth-order valence-corrected chi connectivity index (χ4v) is 0.407. The Kier molecular flexibility index (Phi) is 8.13. The Bertz CT molecular complexity index is 81.1. The smallest absolute Gasteiger partial charge is 0.550 e. The molecular weight excluding hydrogens is 111 g/mol. The Morgan fingerprint density at radius 2 is 2.00 bits per heavy atom. The summed E-state index contributed by atoms with van der Waals surface area (Å²) in [4.78, 5) is 9.79. The summed E-state index contributed by atoms with van der Waals surface area (Å²) in [6, 6.07) is 0. The summed E-state index contributed by atoms with van der Waals surface area (Å²) >= 11 is 0. The molecule has 0 spiro atoms. The van der Waals surface area contributed by atoms with Crippen LogP contribution in [0.25, 0.3) is 0 Å². The zero-order chi connectivity index (χ0) is 6.57. The topological polar surface area (TPSA) is 40.1 Å². The summed E-state index contributed by atoms with van der Waals surface area (Å²) in [7, 11) is 0. The van der Waals surface area contributed by atoms with Crippen LogP contribution in [0.3, 0.4) is 0 Å². The van der Waals surface area contributed by atoms with Crippen molar-refractivity contribution in [3.8, 4) is 0 Å². The van der Waals surface area contributed by atoms with Crippen molar-refractivity contribution in [1.29, 1.82) is 0 Å². The number of carboxylic acids is 1. The number of carbonyl (C=O) groups is 1. The number of carboxylic acid groups (broad SMARTS) is 1. The number of aliphatic carboxylic acids is 1. The van der Waals surface area contributed by atoms with Crippen molar-refractivity contribution in [2.75, 3.05) is 0 Å². The van der Waals surface area contributed by atoms with Gasteiger partial charge in [0.15, 0.2) is 0 Å². The molecule has 0 saturated heterocycles. The van der Waals surface area contributed by atoms with Crippen LogP contribution in [0.15, 0.2) is 0 Å². The molecule has 0 aliphatic carbocycles. The van der Waals surface area contributed by atoms with Crippen LogP contribution in [-0.4, -0.2) is 5.97 Å². The summed E-state index contributed by atoms with van der Waals surface area (Å²) in [5.74, 6) is -0.480. The van der Waals surface area contributed by atoms with Gasteiger partial charge in [0.05, 0.1) is 0 Å². The third-order valence-corrected chi connectivity index (χ3v) is 0.926. The number of carbonyl (C=O) groups excluding carboxylic acids is 1. The number of rotatable bonds is 3. The molecule has 0 aromatic heterocycles. The van der Waals surface area contributed by atoms with E-state index < -0.39 is 5.97 Å². The van der Waals surface area contributed by atoms with Gasteiger partial charge in [-0.1, -0.05) is 13.8 Å². The molecule has 2 nitrogen and oxygen atoms in total. The van der Waals surface area contributed by atoms with E-state index in [-0.39, 0.29) is 25.3 Å². The first-order valence-electron chi connectivity index (χ1n) is 2.82. The minimum Gasteiger partial charge on any atom is -0.550 e. The van der Waals surface area contributed by atoms with Crippen LogP contribution in [0, 0.1) is 5.92 Å². The van der Waals surface area contributed by atoms with Crippen molar-refractivity contribution in [1.82, 2.24) is 0 Å². The normalized spacial score (nSPS) is 8.78. The summed E-state index contributed by atoms with van der Waals surface area (Å²) in [5.41, 5.74) is 0. The van der Waals surface area contributed by atoms with Crippen molar-refractivity contribution in [2.24, 2.45) is 5.92 Å². The van der Waals surface area contributed by atoms with Gasteiger partial charge < -0.3 is 9.90 Å². The van der Waals surface area contributed by atoms with Crippen LogP contribution in [0.1, 0.15) is 26.7 Å². The van der Waals surface area contributed by atoms with Gasteiger partial charge in [-0.3, -0.25) is 0 Å². The van der Waals surface area contributed by atoms with Crippen molar-refractivity contribution in [3.63, 3.8) is 0 Å². The molecule has 0 bridgehead atoms. The van der Waals surface area contributed by atoms with E-state index in [2.05, 4.69) is 0 Å². The molecular formula is C6H11LiO2. The molecule has 0 unspecified atom stereocenters. The molecule has 0 saturated carbocycles. The predicted molar refractivity (Wildman–Crippen MR) is 29.1 cm³/mol. The first kappa shape index (κ1) is 11.8. The van der Waals surface area contributed by atoms with Crippen molar-refractivity contribution >= 4 is 5.97 Å². The third kappa shape index (κ3) is 11.6. The summed E-state index contributed by atoms with van der Waals surface area (Å²) in [6.07, 6.45) is 0.917. The minimum absolute atomic E-state index is 0. The van der Waals surface area contributed by atoms with E-state index >= 15 is 0 Å². The van der Waals surface area contributed by atoms with Crippen LogP contribution in [0.4, 0.5) is 0 Å². The molecule has 0 rings (SSSR count). The maximum absolute atomic E-state index is 9.79. The monoisotopic (exact) mass is 122 g/mol. The van der Waals surface area contributed by atoms with Crippen LogP contribution in [0.5, 0.6) is 0 Å². The van der Waals surface area contributed by atoms with Crippen molar-refractivity contribution < 1.29 is 28.8 Å². The van der Waals surface area contributed by atoms with E-state index in [1.807, 2.05) is 13.8 Å². The van der Waals surface area contributed by atoms with Gasteiger partial charge in [-0.2, -0.15) is 0 Å². The molecule has 0 N–H and O–H groups in total. The van der Waals surface area contributed by atoms with Gasteiger partial charge in [-0.15, -0.1) is 0 Å². The van der Waals surface area contributed by atoms with E-state index in [4.69, 9.17) is 0 Å². The van der Waals surface area contributed by atoms with E-state index in [1.54, 1.807) is 0 Å². The van der Waals surface area contributed by atoms with Crippen molar-refractivity contribution in [2.45, 2.75) is 26.7 Å². The molecule has 0 aromatic carbocycles. The Labute approximate surface area is 67.8 Å². The maximum atomic E-state index is 9.79. The largest absolute Gasteiger partial charge is 1.00 e. The Hall–Kier alpha value is 0.0674. The van der Waals surface area contributed by atoms with Gasteiger partial charge in [0, 0.05) is 5.97 Å². The molecule has 0 aliphatic rings. The zero-order valence-corrected chi connectivity index (χ0v) is 6.31. The standard InChI is InChI=1S/C6H12O2.Li/c1-5(2)3-4-6(7)8;/h5H,3-4H2,1-2H3,(H,7,8);/q;+1/p-1. The van der Waals surface area contributed by atoms with Gasteiger partial charge in [0.2, 0.25) is 0 Å². The van der Waals surface area contributed by atoms with Gasteiger partial charge in [-0.25, -0.2) is 0 Å². The third-order valence-electron chi connectivity index (χ3n) is 0.926. The molecule has 0 aliphatic heterocycles. The van der Waals surface area contributed by atoms with Gasteiger partial charge >= 0.3 is 18.9 Å². The summed E-state index contributed by atoms with van der Waals surface area (Å²) in [5, 5.41) is 9.79. The molecule has 48 valence electrons. The van der Waals surface area contributed by atoms with Gasteiger partial charge in [0.1, 0.15) is 0 Å². The zero-order valence-electron chi connectivity index (χ0n) is 6.31. The molecule has 0 aromatic rings. The van der Waals surface area contributed by atoms with Crippen LogP contribution < -0.4 is 24.0 Å². The van der Waals surface area contributed by atoms with Crippen LogP contribution in [0.2, 0.25) is 0 Å². The second-order valence-corrected chi connectivity index (χ2v) is 2.30. The molecule has 0 radical (unpaired) electrons. The molecule has 0 amide bonds. The fraction of sp³-hybridized carbons (Fsp3) is 0.833. The predicted octanol–water partition coefficient (Wildman–Crippen LogP) is -2.82. The van der Waals surface area contributed by atoms with E-state index in [0.29, 0.717) is 5.92 Å². The average molecular weight is 122 g/mol. The molecule has 0 heterocycles. The van der Waals surface area contributed by atoms with E-state index in [1.165, 1.54) is 0 Å².